The second-order valence-electron chi connectivity index (χ2n) is 9.99. The number of amides is 1. The van der Waals surface area contributed by atoms with Crippen molar-refractivity contribution >= 4 is 11.6 Å². The van der Waals surface area contributed by atoms with Gasteiger partial charge in [0, 0.05) is 37.3 Å². The van der Waals surface area contributed by atoms with Crippen molar-refractivity contribution in [1.29, 1.82) is 0 Å². The molecule has 0 aliphatic heterocycles. The first kappa shape index (κ1) is 27.8. The molecule has 0 fully saturated rings. The highest BCUT2D eigenvalue weighted by molar-refractivity contribution is 5.94. The molecular formula is C33H29F3N2O3. The Bertz CT molecular complexity index is 1550. The molecule has 4 aromatic rings. The second-order valence-corrected chi connectivity index (χ2v) is 9.99. The predicted molar refractivity (Wildman–Crippen MR) is 153 cm³/mol. The average Bonchev–Trinajstić information content (AvgIpc) is 3.30. The van der Waals surface area contributed by atoms with E-state index in [-0.39, 0.29) is 30.4 Å². The minimum atomic E-state index is -4.75. The van der Waals surface area contributed by atoms with Gasteiger partial charge in [0.05, 0.1) is 5.76 Å². The molecule has 0 aromatic heterocycles. The highest BCUT2D eigenvalue weighted by atomic mass is 19.4. The van der Waals surface area contributed by atoms with Crippen LogP contribution in [0.4, 0.5) is 18.9 Å². The van der Waals surface area contributed by atoms with Gasteiger partial charge in [0.2, 0.25) is 0 Å². The summed E-state index contributed by atoms with van der Waals surface area (Å²) in [7, 11) is 0. The zero-order valence-corrected chi connectivity index (χ0v) is 22.2. The number of carbonyl (C=O) groups is 1. The first-order valence-electron chi connectivity index (χ1n) is 13.2. The van der Waals surface area contributed by atoms with Crippen LogP contribution in [0.25, 0.3) is 11.1 Å². The summed E-state index contributed by atoms with van der Waals surface area (Å²) in [5.41, 5.74) is 8.27. The molecule has 0 unspecified atom stereocenters. The van der Waals surface area contributed by atoms with Crippen LogP contribution in [0.15, 0.2) is 103 Å². The fraction of sp³-hybridized carbons (Fsp3) is 0.182. The van der Waals surface area contributed by atoms with Crippen LogP contribution in [0.3, 0.4) is 0 Å². The Morgan fingerprint density at radius 2 is 1.54 bits per heavy atom. The molecule has 1 aliphatic rings. The predicted octanol–water partition coefficient (Wildman–Crippen LogP) is 7.55. The summed E-state index contributed by atoms with van der Waals surface area (Å²) < 4.78 is 41.9. The van der Waals surface area contributed by atoms with Crippen molar-refractivity contribution in [2.24, 2.45) is 0 Å². The Morgan fingerprint density at radius 1 is 0.878 bits per heavy atom. The van der Waals surface area contributed by atoms with Crippen molar-refractivity contribution in [1.82, 2.24) is 5.32 Å². The van der Waals surface area contributed by atoms with Gasteiger partial charge in [-0.3, -0.25) is 4.79 Å². The number of aliphatic hydroxyl groups excluding tert-OH is 1. The number of anilines is 1. The minimum Gasteiger partial charge on any atom is -0.513 e. The van der Waals surface area contributed by atoms with E-state index in [9.17, 15) is 23.1 Å². The molecule has 5 rings (SSSR count). The summed E-state index contributed by atoms with van der Waals surface area (Å²) in [4.78, 5) is 14.6. The lowest BCUT2D eigenvalue weighted by atomic mass is 10.0. The minimum absolute atomic E-state index is 0.00438. The van der Waals surface area contributed by atoms with Gasteiger partial charge in [-0.25, -0.2) is 0 Å². The van der Waals surface area contributed by atoms with E-state index in [0.29, 0.717) is 18.7 Å². The largest absolute Gasteiger partial charge is 0.573 e. The molecule has 2 N–H and O–H groups in total. The Morgan fingerprint density at radius 3 is 2.24 bits per heavy atom. The van der Waals surface area contributed by atoms with Crippen molar-refractivity contribution in [3.63, 3.8) is 0 Å². The quantitative estimate of drug-likeness (QED) is 0.174. The van der Waals surface area contributed by atoms with Crippen LogP contribution >= 0.6 is 0 Å². The zero-order valence-electron chi connectivity index (χ0n) is 22.2. The number of carbonyl (C=O) groups excluding carboxylic acids is 1. The Hall–Kier alpha value is -4.72. The number of ether oxygens (including phenoxy) is 1. The van der Waals surface area contributed by atoms with Crippen LogP contribution in [-0.2, 0) is 19.5 Å². The molecule has 1 aliphatic carbocycles. The maximum absolute atomic E-state index is 12.6. The molecule has 0 radical (unpaired) electrons. The van der Waals surface area contributed by atoms with Crippen molar-refractivity contribution in [2.45, 2.75) is 32.3 Å². The van der Waals surface area contributed by atoms with Crippen molar-refractivity contribution in [3.8, 4) is 16.9 Å². The molecule has 0 spiro atoms. The lowest BCUT2D eigenvalue weighted by Crippen LogP contribution is -2.25. The molecule has 4 aromatic carbocycles. The van der Waals surface area contributed by atoms with Crippen molar-refractivity contribution < 1.29 is 27.8 Å². The molecule has 5 nitrogen and oxygen atoms in total. The van der Waals surface area contributed by atoms with Gasteiger partial charge in [0.25, 0.3) is 5.91 Å². The van der Waals surface area contributed by atoms with Crippen LogP contribution in [0.2, 0.25) is 0 Å². The third-order valence-corrected chi connectivity index (χ3v) is 6.96. The van der Waals surface area contributed by atoms with Crippen LogP contribution in [0.1, 0.15) is 39.0 Å². The van der Waals surface area contributed by atoms with E-state index in [1.54, 1.807) is 24.3 Å². The number of aliphatic hydroxyl groups is 1. The van der Waals surface area contributed by atoms with Gasteiger partial charge >= 0.3 is 6.36 Å². The molecule has 8 heteroatoms. The summed E-state index contributed by atoms with van der Waals surface area (Å²) >= 11 is 0. The zero-order chi connectivity index (χ0) is 29.0. The number of nitrogens with zero attached hydrogens (tertiary/aromatic N) is 1. The van der Waals surface area contributed by atoms with Gasteiger partial charge in [-0.05, 0) is 76.2 Å². The number of nitrogens with one attached hydrogen (secondary N) is 1. The third-order valence-electron chi connectivity index (χ3n) is 6.96. The summed E-state index contributed by atoms with van der Waals surface area (Å²) in [5, 5.41) is 12.0. The van der Waals surface area contributed by atoms with E-state index < -0.39 is 6.36 Å². The number of fused-ring (bicyclic) bond motifs is 3. The highest BCUT2D eigenvalue weighted by Crippen LogP contribution is 2.37. The van der Waals surface area contributed by atoms with Gasteiger partial charge in [0.1, 0.15) is 5.75 Å². The maximum atomic E-state index is 12.6. The van der Waals surface area contributed by atoms with E-state index in [1.165, 1.54) is 34.4 Å². The number of halogens is 3. The fourth-order valence-electron chi connectivity index (χ4n) is 5.02. The lowest BCUT2D eigenvalue weighted by molar-refractivity contribution is -0.274. The average molecular weight is 559 g/mol. The number of alkyl halides is 3. The third kappa shape index (κ3) is 7.08. The van der Waals surface area contributed by atoms with Crippen molar-refractivity contribution in [3.05, 3.63) is 131 Å². The van der Waals surface area contributed by atoms with Crippen LogP contribution in [-0.4, -0.2) is 23.9 Å². The number of hydrogen-bond acceptors (Lipinski definition) is 4. The van der Waals surface area contributed by atoms with Crippen LogP contribution in [0.5, 0.6) is 5.75 Å². The maximum Gasteiger partial charge on any atom is 0.573 e. The van der Waals surface area contributed by atoms with Gasteiger partial charge in [-0.15, -0.1) is 13.2 Å². The van der Waals surface area contributed by atoms with Gasteiger partial charge in [0.15, 0.2) is 0 Å². The Balaban J connectivity index is 1.37. The van der Waals surface area contributed by atoms with E-state index in [1.807, 2.05) is 24.3 Å². The molecular weight excluding hydrogens is 529 g/mol. The lowest BCUT2D eigenvalue weighted by Gasteiger charge is -2.26. The Labute approximate surface area is 236 Å². The summed E-state index contributed by atoms with van der Waals surface area (Å²) in [6.07, 6.45) is -3.61. The highest BCUT2D eigenvalue weighted by Gasteiger charge is 2.31. The number of rotatable bonds is 10. The first-order chi connectivity index (χ1) is 19.6. The van der Waals surface area contributed by atoms with Gasteiger partial charge in [-0.1, -0.05) is 61.2 Å². The number of benzene rings is 4. The molecule has 0 atom stereocenters. The SMILES string of the molecule is C=C(O)CCNC(=O)c1ccc(N(Cc2ccc(OC(F)(F)F)cc2)Cc2ccc3c(c2)Cc2ccccc2-3)cc1. The second kappa shape index (κ2) is 11.8. The molecule has 0 saturated carbocycles. The van der Waals surface area contributed by atoms with Crippen LogP contribution < -0.4 is 15.0 Å². The van der Waals surface area contributed by atoms with E-state index in [4.69, 9.17) is 0 Å². The topological polar surface area (TPSA) is 61.8 Å². The van der Waals surface area contributed by atoms with E-state index in [2.05, 4.69) is 51.9 Å². The molecule has 1 amide bonds. The fourth-order valence-corrected chi connectivity index (χ4v) is 5.02. The smallest absolute Gasteiger partial charge is 0.513 e. The summed E-state index contributed by atoms with van der Waals surface area (Å²) in [6, 6.07) is 27.8. The van der Waals surface area contributed by atoms with Crippen molar-refractivity contribution in [2.75, 3.05) is 11.4 Å². The molecule has 41 heavy (non-hydrogen) atoms. The standard InChI is InChI=1S/C33H29F3N2O3/c1-22(39)16-17-37-32(40)25-9-11-28(12-10-25)38(20-23-6-13-29(14-7-23)41-33(34,35)36)21-24-8-15-31-27(18-24)19-26-4-2-3-5-30(26)31/h2-15,18,39H,1,16-17,19-21H2,(H,37,40). The summed E-state index contributed by atoms with van der Waals surface area (Å²) in [5.74, 6) is -0.529. The normalized spacial score (nSPS) is 11.9. The van der Waals surface area contributed by atoms with Gasteiger partial charge in [-0.2, -0.15) is 0 Å². The first-order valence-corrected chi connectivity index (χ1v) is 13.2. The van der Waals surface area contributed by atoms with Crippen LogP contribution in [0, 0.1) is 0 Å². The number of hydrogen-bond donors (Lipinski definition) is 2. The molecule has 0 saturated heterocycles. The molecule has 0 bridgehead atoms. The summed E-state index contributed by atoms with van der Waals surface area (Å²) in [6.45, 7) is 4.67. The van der Waals surface area contributed by atoms with E-state index in [0.717, 1.165) is 23.2 Å². The van der Waals surface area contributed by atoms with Gasteiger partial charge < -0.3 is 20.1 Å². The monoisotopic (exact) mass is 558 g/mol. The molecule has 0 heterocycles. The van der Waals surface area contributed by atoms with E-state index >= 15 is 0 Å². The molecule has 210 valence electrons. The Kier molecular flexibility index (Phi) is 8.01.